The molecule has 254 valence electrons. The number of aliphatic hydroxyl groups excluding tert-OH is 3. The van der Waals surface area contributed by atoms with E-state index in [-0.39, 0.29) is 18.1 Å². The lowest BCUT2D eigenvalue weighted by molar-refractivity contribution is -0.314. The van der Waals surface area contributed by atoms with Crippen molar-refractivity contribution in [2.24, 2.45) is 46.3 Å². The van der Waals surface area contributed by atoms with E-state index in [1.165, 1.54) is 56.9 Å². The second kappa shape index (κ2) is 14.7. The Hall–Kier alpha value is -0.500. The Morgan fingerprint density at radius 3 is 2.45 bits per heavy atom. The van der Waals surface area contributed by atoms with Crippen LogP contribution in [-0.2, 0) is 14.2 Å². The number of hydrogen-bond acceptors (Lipinski definition) is 6. The predicted molar refractivity (Wildman–Crippen MR) is 175 cm³/mol. The molecular weight excluding hydrogens is 552 g/mol. The third kappa shape index (κ3) is 7.02. The van der Waals surface area contributed by atoms with Gasteiger partial charge in [0.2, 0.25) is 0 Å². The van der Waals surface area contributed by atoms with Crippen LogP contribution >= 0.6 is 0 Å². The first-order valence-corrected chi connectivity index (χ1v) is 18.6. The maximum atomic E-state index is 10.8. The zero-order valence-corrected chi connectivity index (χ0v) is 28.9. The molecule has 1 unspecified atom stereocenters. The second-order valence-electron chi connectivity index (χ2n) is 16.6. The molecule has 0 radical (unpaired) electrons. The molecule has 0 aromatic carbocycles. The van der Waals surface area contributed by atoms with Crippen molar-refractivity contribution >= 4 is 0 Å². The Morgan fingerprint density at radius 2 is 1.70 bits per heavy atom. The zero-order chi connectivity index (χ0) is 31.6. The number of rotatable bonds is 13. The van der Waals surface area contributed by atoms with Gasteiger partial charge >= 0.3 is 0 Å². The van der Waals surface area contributed by atoms with Gasteiger partial charge in [0.15, 0.2) is 6.29 Å². The molecule has 4 aliphatic carbocycles. The number of ether oxygens (including phenoxy) is 3. The van der Waals surface area contributed by atoms with Gasteiger partial charge in [-0.25, -0.2) is 0 Å². The first-order chi connectivity index (χ1) is 21.0. The van der Waals surface area contributed by atoms with Crippen LogP contribution < -0.4 is 0 Å². The van der Waals surface area contributed by atoms with E-state index in [2.05, 4.69) is 47.6 Å². The van der Waals surface area contributed by atoms with Crippen molar-refractivity contribution in [2.45, 2.75) is 168 Å². The number of aliphatic hydroxyl groups is 3. The molecule has 3 saturated carbocycles. The van der Waals surface area contributed by atoms with Crippen LogP contribution in [0.25, 0.3) is 0 Å². The molecule has 44 heavy (non-hydrogen) atoms. The molecule has 1 aliphatic heterocycles. The SMILES string of the molecule is CCCCCOC[C@H]1O[C@@H](OC2CC[C@@]3(C)C(=CC[C@H]4[C@@H]5CC[C@H]([C@H](C)CCCC(C)C)[C@@]5(C)CC[C@@H]43)C2)[C@H](O)[C@@H](O)[C@H]1O. The molecule has 1 saturated heterocycles. The van der Waals surface area contributed by atoms with Gasteiger partial charge in [-0.1, -0.05) is 85.3 Å². The molecule has 0 aromatic heterocycles. The highest BCUT2D eigenvalue weighted by Gasteiger charge is 2.59. The maximum absolute atomic E-state index is 10.8. The predicted octanol–water partition coefficient (Wildman–Crippen LogP) is 7.43. The summed E-state index contributed by atoms with van der Waals surface area (Å²) in [5, 5.41) is 31.9. The Labute approximate surface area is 268 Å². The van der Waals surface area contributed by atoms with Crippen LogP contribution in [0, 0.1) is 46.3 Å². The number of fused-ring (bicyclic) bond motifs is 5. The van der Waals surface area contributed by atoms with Crippen LogP contribution in [0.15, 0.2) is 11.6 Å². The fourth-order valence-electron chi connectivity index (χ4n) is 10.8. The van der Waals surface area contributed by atoms with Gasteiger partial charge in [0.25, 0.3) is 0 Å². The van der Waals surface area contributed by atoms with E-state index < -0.39 is 30.7 Å². The third-order valence-electron chi connectivity index (χ3n) is 13.4. The molecule has 1 heterocycles. The summed E-state index contributed by atoms with van der Waals surface area (Å²) in [6.07, 6.45) is 14.0. The number of hydrogen-bond donors (Lipinski definition) is 3. The van der Waals surface area contributed by atoms with Gasteiger partial charge in [0.1, 0.15) is 24.4 Å². The summed E-state index contributed by atoms with van der Waals surface area (Å²) in [6, 6.07) is 0. The van der Waals surface area contributed by atoms with Crippen molar-refractivity contribution in [1.82, 2.24) is 0 Å². The molecule has 5 rings (SSSR count). The lowest BCUT2D eigenvalue weighted by atomic mass is 9.47. The quantitative estimate of drug-likeness (QED) is 0.147. The third-order valence-corrected chi connectivity index (χ3v) is 13.4. The van der Waals surface area contributed by atoms with Crippen LogP contribution in [0.5, 0.6) is 0 Å². The smallest absolute Gasteiger partial charge is 0.186 e. The molecule has 3 N–H and O–H groups in total. The van der Waals surface area contributed by atoms with Gasteiger partial charge in [-0.3, -0.25) is 0 Å². The van der Waals surface area contributed by atoms with Gasteiger partial charge in [-0.05, 0) is 104 Å². The minimum absolute atomic E-state index is 0.0597. The van der Waals surface area contributed by atoms with E-state index in [0.29, 0.717) is 12.0 Å². The van der Waals surface area contributed by atoms with E-state index >= 15 is 0 Å². The summed E-state index contributed by atoms with van der Waals surface area (Å²) < 4.78 is 18.2. The molecule has 0 spiro atoms. The molecule has 6 nitrogen and oxygen atoms in total. The van der Waals surface area contributed by atoms with Crippen LogP contribution in [0.1, 0.15) is 131 Å². The van der Waals surface area contributed by atoms with E-state index in [9.17, 15) is 15.3 Å². The lowest BCUT2D eigenvalue weighted by Gasteiger charge is -2.58. The van der Waals surface area contributed by atoms with Crippen molar-refractivity contribution in [3.05, 3.63) is 11.6 Å². The van der Waals surface area contributed by atoms with Gasteiger partial charge in [-0.15, -0.1) is 0 Å². The van der Waals surface area contributed by atoms with Crippen molar-refractivity contribution < 1.29 is 29.5 Å². The Balaban J connectivity index is 1.19. The lowest BCUT2D eigenvalue weighted by Crippen LogP contribution is -2.60. The Morgan fingerprint density at radius 1 is 0.909 bits per heavy atom. The Bertz CT molecular complexity index is 952. The molecule has 13 atom stereocenters. The summed E-state index contributed by atoms with van der Waals surface area (Å²) in [5.41, 5.74) is 2.26. The molecule has 0 amide bonds. The highest BCUT2D eigenvalue weighted by Crippen LogP contribution is 2.67. The molecule has 5 aliphatic rings. The van der Waals surface area contributed by atoms with Gasteiger partial charge in [-0.2, -0.15) is 0 Å². The van der Waals surface area contributed by atoms with E-state index in [1.807, 2.05) is 0 Å². The summed E-state index contributed by atoms with van der Waals surface area (Å²) in [6.45, 7) is 15.4. The highest BCUT2D eigenvalue weighted by molar-refractivity contribution is 5.25. The maximum Gasteiger partial charge on any atom is 0.186 e. The molecule has 4 fully saturated rings. The normalized spacial score (nSPS) is 44.5. The van der Waals surface area contributed by atoms with Crippen molar-refractivity contribution in [1.29, 1.82) is 0 Å². The van der Waals surface area contributed by atoms with E-state index in [1.54, 1.807) is 0 Å². The number of unbranched alkanes of at least 4 members (excludes halogenated alkanes) is 2. The zero-order valence-electron chi connectivity index (χ0n) is 28.9. The number of allylic oxidation sites excluding steroid dienone is 1. The van der Waals surface area contributed by atoms with Crippen LogP contribution in [0.3, 0.4) is 0 Å². The average Bonchev–Trinajstić information content (AvgIpc) is 3.35. The van der Waals surface area contributed by atoms with E-state index in [0.717, 1.165) is 74.0 Å². The average molecular weight is 619 g/mol. The van der Waals surface area contributed by atoms with Crippen molar-refractivity contribution in [3.63, 3.8) is 0 Å². The van der Waals surface area contributed by atoms with Gasteiger partial charge in [0.05, 0.1) is 12.7 Å². The Kier molecular flexibility index (Phi) is 11.7. The largest absolute Gasteiger partial charge is 0.387 e. The standard InChI is InChI=1S/C38H66O6/c1-7-8-9-21-42-23-32-33(39)34(40)35(41)36(44-32)43-27-17-19-37(5)26(22-27)13-14-28-30-16-15-29(25(4)12-10-11-24(2)3)38(30,6)20-18-31(28)37/h13,24-25,27-36,39-41H,7-12,14-23H2,1-6H3/t25-,27?,28+,29-,30+,31+,32-,33+,34+,35-,36-,37+,38-/m1/s1. The first kappa shape index (κ1) is 34.8. The monoisotopic (exact) mass is 618 g/mol. The first-order valence-electron chi connectivity index (χ1n) is 18.6. The molecule has 6 heteroatoms. The fraction of sp³-hybridized carbons (Fsp3) is 0.947. The van der Waals surface area contributed by atoms with Crippen LogP contribution in [0.4, 0.5) is 0 Å². The van der Waals surface area contributed by atoms with Gasteiger partial charge in [0, 0.05) is 6.61 Å². The summed E-state index contributed by atoms with van der Waals surface area (Å²) >= 11 is 0. The van der Waals surface area contributed by atoms with Crippen LogP contribution in [0.2, 0.25) is 0 Å². The van der Waals surface area contributed by atoms with Crippen molar-refractivity contribution in [3.8, 4) is 0 Å². The molecular formula is C38H66O6. The molecule has 0 bridgehead atoms. The van der Waals surface area contributed by atoms with Crippen LogP contribution in [-0.4, -0.2) is 65.3 Å². The second-order valence-corrected chi connectivity index (χ2v) is 16.6. The summed E-state index contributed by atoms with van der Waals surface area (Å²) in [4.78, 5) is 0. The fourth-order valence-corrected chi connectivity index (χ4v) is 10.8. The minimum atomic E-state index is -1.31. The van der Waals surface area contributed by atoms with Gasteiger partial charge < -0.3 is 29.5 Å². The summed E-state index contributed by atoms with van der Waals surface area (Å²) in [7, 11) is 0. The summed E-state index contributed by atoms with van der Waals surface area (Å²) in [5.74, 6) is 4.92. The molecule has 0 aromatic rings. The topological polar surface area (TPSA) is 88.4 Å². The van der Waals surface area contributed by atoms with E-state index in [4.69, 9.17) is 14.2 Å². The van der Waals surface area contributed by atoms with Crippen molar-refractivity contribution in [2.75, 3.05) is 13.2 Å². The minimum Gasteiger partial charge on any atom is -0.387 e. The highest BCUT2D eigenvalue weighted by atomic mass is 16.7.